The van der Waals surface area contributed by atoms with Crippen LogP contribution in [0, 0.1) is 11.8 Å². The van der Waals surface area contributed by atoms with Crippen LogP contribution in [0.15, 0.2) is 0 Å². The molecule has 1 aliphatic rings. The highest BCUT2D eigenvalue weighted by Gasteiger charge is 2.45. The Morgan fingerprint density at radius 2 is 1.29 bits per heavy atom. The number of hydrogen-bond donors (Lipinski definition) is 0. The van der Waals surface area contributed by atoms with Gasteiger partial charge in [-0.15, -0.1) is 0 Å². The molecule has 0 spiro atoms. The van der Waals surface area contributed by atoms with Gasteiger partial charge < -0.3 is 18.9 Å². The van der Waals surface area contributed by atoms with Crippen LogP contribution in [-0.4, -0.2) is 42.1 Å². The molecule has 3 atom stereocenters. The smallest absolute Gasteiger partial charge is 0.320 e. The van der Waals surface area contributed by atoms with Crippen LogP contribution in [0.2, 0.25) is 0 Å². The van der Waals surface area contributed by atoms with Crippen molar-refractivity contribution in [1.82, 2.24) is 0 Å². The Morgan fingerprint density at radius 3 is 1.62 bits per heavy atom. The molecular formula is C18H32O6. The molecule has 0 aromatic rings. The van der Waals surface area contributed by atoms with Crippen molar-refractivity contribution >= 4 is 11.9 Å². The molecule has 140 valence electrons. The average Bonchev–Trinajstić information content (AvgIpc) is 2.59. The number of rotatable bonds is 7. The highest BCUT2D eigenvalue weighted by Crippen LogP contribution is 2.36. The van der Waals surface area contributed by atoms with Gasteiger partial charge in [-0.3, -0.25) is 9.59 Å². The van der Waals surface area contributed by atoms with Gasteiger partial charge in [-0.25, -0.2) is 0 Å². The van der Waals surface area contributed by atoms with E-state index in [0.717, 1.165) is 0 Å². The lowest BCUT2D eigenvalue weighted by Crippen LogP contribution is -2.39. The van der Waals surface area contributed by atoms with Gasteiger partial charge in [-0.1, -0.05) is 6.92 Å². The third-order valence-corrected chi connectivity index (χ3v) is 4.00. The average molecular weight is 344 g/mol. The maximum atomic E-state index is 12.4. The summed E-state index contributed by atoms with van der Waals surface area (Å²) in [5.41, 5.74) is 0. The van der Waals surface area contributed by atoms with Crippen molar-refractivity contribution < 1.29 is 28.5 Å². The molecule has 1 fully saturated rings. The summed E-state index contributed by atoms with van der Waals surface area (Å²) in [7, 11) is 0. The van der Waals surface area contributed by atoms with E-state index in [-0.39, 0.29) is 30.3 Å². The first-order chi connectivity index (χ1) is 10.9. The second-order valence-corrected chi connectivity index (χ2v) is 7.41. The van der Waals surface area contributed by atoms with Crippen molar-refractivity contribution in [1.29, 1.82) is 0 Å². The van der Waals surface area contributed by atoms with Gasteiger partial charge in [0.05, 0.1) is 24.4 Å². The lowest BCUT2D eigenvalue weighted by Gasteiger charge is -2.30. The first-order valence-electron chi connectivity index (χ1n) is 8.71. The zero-order valence-corrected chi connectivity index (χ0v) is 16.1. The normalized spacial score (nSPS) is 24.5. The van der Waals surface area contributed by atoms with Crippen LogP contribution in [-0.2, 0) is 28.5 Å². The van der Waals surface area contributed by atoms with Gasteiger partial charge in [0.25, 0.3) is 0 Å². The Balaban J connectivity index is 2.88. The SMILES string of the molecule is CC(C)OC(=O)C(C(=O)OC(C)C)[C@@H](C)CC1(C)O[C@@H](C)[C@H](C)O1. The standard InChI is InChI=1S/C18H32O6/c1-10(2)21-16(19)15(17(20)22-11(3)4)12(5)9-18(8)23-13(6)14(7)24-18/h10-15H,9H2,1-8H3/t12-,13-,14-/m0/s1. The summed E-state index contributed by atoms with van der Waals surface area (Å²) in [4.78, 5) is 24.8. The summed E-state index contributed by atoms with van der Waals surface area (Å²) < 4.78 is 22.3. The second-order valence-electron chi connectivity index (χ2n) is 7.41. The fraction of sp³-hybridized carbons (Fsp3) is 0.889. The molecular weight excluding hydrogens is 312 g/mol. The Morgan fingerprint density at radius 1 is 0.917 bits per heavy atom. The van der Waals surface area contributed by atoms with Crippen LogP contribution >= 0.6 is 0 Å². The van der Waals surface area contributed by atoms with Crippen LogP contribution in [0.5, 0.6) is 0 Å². The number of carbonyl (C=O) groups excluding carboxylic acids is 2. The molecule has 1 heterocycles. The molecule has 1 rings (SSSR count). The van der Waals surface area contributed by atoms with E-state index < -0.39 is 23.6 Å². The van der Waals surface area contributed by atoms with E-state index in [1.165, 1.54) is 0 Å². The summed E-state index contributed by atoms with van der Waals surface area (Å²) in [6, 6.07) is 0. The molecule has 0 saturated carbocycles. The zero-order valence-electron chi connectivity index (χ0n) is 16.1. The largest absolute Gasteiger partial charge is 0.462 e. The fourth-order valence-electron chi connectivity index (χ4n) is 2.98. The van der Waals surface area contributed by atoms with E-state index in [0.29, 0.717) is 6.42 Å². The highest BCUT2D eigenvalue weighted by atomic mass is 16.8. The van der Waals surface area contributed by atoms with Crippen molar-refractivity contribution in [3.63, 3.8) is 0 Å². The van der Waals surface area contributed by atoms with Crippen LogP contribution in [0.3, 0.4) is 0 Å². The minimum Gasteiger partial charge on any atom is -0.462 e. The summed E-state index contributed by atoms with van der Waals surface area (Å²) in [5.74, 6) is -3.29. The van der Waals surface area contributed by atoms with E-state index in [2.05, 4.69) is 0 Å². The Bertz CT molecular complexity index is 413. The minimum atomic E-state index is -0.995. The van der Waals surface area contributed by atoms with Crippen molar-refractivity contribution in [2.24, 2.45) is 11.8 Å². The van der Waals surface area contributed by atoms with Crippen LogP contribution in [0.1, 0.15) is 61.8 Å². The predicted molar refractivity (Wildman–Crippen MR) is 89.2 cm³/mol. The first kappa shape index (κ1) is 20.9. The highest BCUT2D eigenvalue weighted by molar-refractivity contribution is 5.95. The van der Waals surface area contributed by atoms with Crippen LogP contribution in [0.25, 0.3) is 0 Å². The molecule has 0 aliphatic carbocycles. The summed E-state index contributed by atoms with van der Waals surface area (Å²) >= 11 is 0. The molecule has 24 heavy (non-hydrogen) atoms. The van der Waals surface area contributed by atoms with E-state index in [9.17, 15) is 9.59 Å². The molecule has 1 saturated heterocycles. The molecule has 1 aliphatic heterocycles. The quantitative estimate of drug-likeness (QED) is 0.522. The maximum absolute atomic E-state index is 12.4. The number of hydrogen-bond acceptors (Lipinski definition) is 6. The summed E-state index contributed by atoms with van der Waals surface area (Å²) in [5, 5.41) is 0. The lowest BCUT2D eigenvalue weighted by molar-refractivity contribution is -0.183. The van der Waals surface area contributed by atoms with Gasteiger partial charge in [-0.2, -0.15) is 0 Å². The zero-order chi connectivity index (χ0) is 18.7. The third-order valence-electron chi connectivity index (χ3n) is 4.00. The van der Waals surface area contributed by atoms with E-state index >= 15 is 0 Å². The maximum Gasteiger partial charge on any atom is 0.320 e. The summed E-state index contributed by atoms with van der Waals surface area (Å²) in [6.07, 6.45) is -0.272. The van der Waals surface area contributed by atoms with Crippen molar-refractivity contribution in [3.05, 3.63) is 0 Å². The lowest BCUT2D eigenvalue weighted by atomic mass is 9.88. The molecule has 0 amide bonds. The minimum absolute atomic E-state index is 0.0362. The van der Waals surface area contributed by atoms with Crippen molar-refractivity contribution in [3.8, 4) is 0 Å². The number of carbonyl (C=O) groups is 2. The monoisotopic (exact) mass is 344 g/mol. The van der Waals surface area contributed by atoms with Gasteiger partial charge >= 0.3 is 11.9 Å². The Kier molecular flexibility index (Phi) is 7.23. The van der Waals surface area contributed by atoms with Gasteiger partial charge in [0.15, 0.2) is 11.7 Å². The van der Waals surface area contributed by atoms with E-state index in [1.54, 1.807) is 27.7 Å². The molecule has 0 unspecified atom stereocenters. The molecule has 0 radical (unpaired) electrons. The number of esters is 2. The van der Waals surface area contributed by atoms with E-state index in [1.807, 2.05) is 27.7 Å². The topological polar surface area (TPSA) is 71.1 Å². The number of ether oxygens (including phenoxy) is 4. The Labute approximate surface area is 145 Å². The van der Waals surface area contributed by atoms with Gasteiger partial charge in [0, 0.05) is 6.42 Å². The Hall–Kier alpha value is -1.14. The third kappa shape index (κ3) is 5.74. The van der Waals surface area contributed by atoms with Crippen molar-refractivity contribution in [2.45, 2.75) is 92.0 Å². The molecule has 0 aromatic carbocycles. The van der Waals surface area contributed by atoms with Gasteiger partial charge in [0.2, 0.25) is 0 Å². The van der Waals surface area contributed by atoms with Gasteiger partial charge in [0.1, 0.15) is 0 Å². The predicted octanol–water partition coefficient (Wildman–Crippen LogP) is 3.07. The summed E-state index contributed by atoms with van der Waals surface area (Å²) in [6.45, 7) is 14.5. The van der Waals surface area contributed by atoms with E-state index in [4.69, 9.17) is 18.9 Å². The molecule has 0 bridgehead atoms. The molecule has 0 N–H and O–H groups in total. The second kappa shape index (κ2) is 8.30. The van der Waals surface area contributed by atoms with Gasteiger partial charge in [-0.05, 0) is 54.4 Å². The molecule has 0 aromatic heterocycles. The van der Waals surface area contributed by atoms with Crippen LogP contribution in [0.4, 0.5) is 0 Å². The first-order valence-corrected chi connectivity index (χ1v) is 8.71. The fourth-order valence-corrected chi connectivity index (χ4v) is 2.98. The molecule has 6 nitrogen and oxygen atoms in total. The molecule has 6 heteroatoms. The van der Waals surface area contributed by atoms with Crippen LogP contribution < -0.4 is 0 Å². The van der Waals surface area contributed by atoms with Crippen molar-refractivity contribution in [2.75, 3.05) is 0 Å².